The highest BCUT2D eigenvalue weighted by molar-refractivity contribution is 6.46. The summed E-state index contributed by atoms with van der Waals surface area (Å²) in [5, 5.41) is 11.9. The van der Waals surface area contributed by atoms with Crippen LogP contribution in [0.3, 0.4) is 0 Å². The van der Waals surface area contributed by atoms with E-state index in [2.05, 4.69) is 4.98 Å². The molecule has 0 bridgehead atoms. The third kappa shape index (κ3) is 3.84. The van der Waals surface area contributed by atoms with E-state index in [9.17, 15) is 19.1 Å². The summed E-state index contributed by atoms with van der Waals surface area (Å²) in [7, 11) is 0. The van der Waals surface area contributed by atoms with Gasteiger partial charge >= 0.3 is 0 Å². The molecule has 0 spiro atoms. The molecule has 1 aliphatic heterocycles. The molecule has 2 aromatic carbocycles. The van der Waals surface area contributed by atoms with Crippen molar-refractivity contribution in [2.45, 2.75) is 26.0 Å². The molecule has 2 N–H and O–H groups in total. The van der Waals surface area contributed by atoms with Gasteiger partial charge in [0.15, 0.2) is 0 Å². The average molecular weight is 422 g/mol. The molecule has 4 rings (SSSR count). The maximum atomic E-state index is 13.5. The molecule has 1 fully saturated rings. The number of likely N-dealkylation sites (tertiary alicyclic amines) is 1. The third-order valence-corrected chi connectivity index (χ3v) is 5.35. The minimum Gasteiger partial charge on any atom is -0.507 e. The largest absolute Gasteiger partial charge is 0.507 e. The van der Waals surface area contributed by atoms with Gasteiger partial charge in [0.25, 0.3) is 11.7 Å². The van der Waals surface area contributed by atoms with Gasteiger partial charge in [-0.2, -0.15) is 0 Å². The highest BCUT2D eigenvalue weighted by atomic mass is 19.1. The van der Waals surface area contributed by atoms with E-state index < -0.39 is 23.5 Å². The van der Waals surface area contributed by atoms with Crippen molar-refractivity contribution in [3.05, 3.63) is 77.2 Å². The van der Waals surface area contributed by atoms with E-state index in [1.807, 2.05) is 38.1 Å². The maximum absolute atomic E-state index is 13.5. The van der Waals surface area contributed by atoms with Gasteiger partial charge < -0.3 is 19.7 Å². The predicted molar refractivity (Wildman–Crippen MR) is 115 cm³/mol. The number of fused-ring (bicyclic) bond motifs is 1. The number of nitrogens with zero attached hydrogens (tertiary/aromatic N) is 1. The molecule has 0 aliphatic carbocycles. The Morgan fingerprint density at radius 2 is 1.87 bits per heavy atom. The highest BCUT2D eigenvalue weighted by Gasteiger charge is 2.46. The molecule has 1 atom stereocenters. The van der Waals surface area contributed by atoms with Crippen molar-refractivity contribution in [2.75, 3.05) is 13.2 Å². The lowest BCUT2D eigenvalue weighted by atomic mass is 9.95. The van der Waals surface area contributed by atoms with Gasteiger partial charge in [-0.1, -0.05) is 30.3 Å². The van der Waals surface area contributed by atoms with Crippen molar-refractivity contribution in [1.82, 2.24) is 9.88 Å². The van der Waals surface area contributed by atoms with Crippen LogP contribution in [0.15, 0.2) is 60.3 Å². The van der Waals surface area contributed by atoms with Crippen LogP contribution in [0.4, 0.5) is 4.39 Å². The average Bonchev–Trinajstić information content (AvgIpc) is 3.28. The summed E-state index contributed by atoms with van der Waals surface area (Å²) in [6, 6.07) is 12.1. The lowest BCUT2D eigenvalue weighted by Crippen LogP contribution is -2.33. The minimum absolute atomic E-state index is 0.0223. The number of halogens is 1. The number of ether oxygens (including phenoxy) is 1. The number of para-hydroxylation sites is 1. The number of aromatic amines is 1. The molecule has 1 unspecified atom stereocenters. The number of carbonyl (C=O) groups excluding carboxylic acids is 2. The molecule has 0 radical (unpaired) electrons. The number of H-pyrrole nitrogens is 1. The molecule has 6 nitrogen and oxygen atoms in total. The van der Waals surface area contributed by atoms with Crippen LogP contribution in [0.5, 0.6) is 0 Å². The molecular weight excluding hydrogens is 399 g/mol. The predicted octanol–water partition coefficient (Wildman–Crippen LogP) is 4.15. The maximum Gasteiger partial charge on any atom is 0.295 e. The van der Waals surface area contributed by atoms with Gasteiger partial charge in [-0.25, -0.2) is 4.39 Å². The van der Waals surface area contributed by atoms with Crippen LogP contribution in [0.1, 0.15) is 31.0 Å². The van der Waals surface area contributed by atoms with E-state index in [4.69, 9.17) is 4.74 Å². The number of nitrogens with one attached hydrogen (secondary N) is 1. The number of aromatic nitrogens is 1. The number of amides is 1. The number of aliphatic hydroxyl groups is 1. The van der Waals surface area contributed by atoms with Gasteiger partial charge in [0.05, 0.1) is 24.3 Å². The van der Waals surface area contributed by atoms with Crippen LogP contribution >= 0.6 is 0 Å². The monoisotopic (exact) mass is 422 g/mol. The number of carbonyl (C=O) groups is 2. The molecule has 160 valence electrons. The molecule has 1 aliphatic rings. The fourth-order valence-electron chi connectivity index (χ4n) is 3.90. The van der Waals surface area contributed by atoms with E-state index in [0.29, 0.717) is 11.1 Å². The van der Waals surface area contributed by atoms with Gasteiger partial charge in [-0.05, 0) is 37.6 Å². The van der Waals surface area contributed by atoms with E-state index in [0.717, 1.165) is 10.9 Å². The van der Waals surface area contributed by atoms with E-state index in [1.54, 1.807) is 6.20 Å². The van der Waals surface area contributed by atoms with Crippen molar-refractivity contribution >= 4 is 28.4 Å². The smallest absolute Gasteiger partial charge is 0.295 e. The fraction of sp³-hybridized carbons (Fsp3) is 0.250. The van der Waals surface area contributed by atoms with Gasteiger partial charge in [0, 0.05) is 29.2 Å². The van der Waals surface area contributed by atoms with Gasteiger partial charge in [-0.15, -0.1) is 0 Å². The van der Waals surface area contributed by atoms with E-state index in [1.165, 1.54) is 29.2 Å². The summed E-state index contributed by atoms with van der Waals surface area (Å²) in [5.41, 5.74) is 1.73. The van der Waals surface area contributed by atoms with Crippen LogP contribution in [0, 0.1) is 5.82 Å². The number of benzene rings is 2. The summed E-state index contributed by atoms with van der Waals surface area (Å²) in [5.74, 6) is -2.19. The first kappa shape index (κ1) is 20.8. The molecular formula is C24H23FN2O4. The zero-order valence-electron chi connectivity index (χ0n) is 17.3. The molecule has 3 aromatic rings. The van der Waals surface area contributed by atoms with E-state index >= 15 is 0 Å². The summed E-state index contributed by atoms with van der Waals surface area (Å²) < 4.78 is 19.1. The summed E-state index contributed by atoms with van der Waals surface area (Å²) in [6.45, 7) is 4.15. The van der Waals surface area contributed by atoms with Crippen LogP contribution in [0.25, 0.3) is 16.7 Å². The summed E-state index contributed by atoms with van der Waals surface area (Å²) >= 11 is 0. The Balaban J connectivity index is 1.83. The summed E-state index contributed by atoms with van der Waals surface area (Å²) in [6.07, 6.45) is 1.57. The standard InChI is InChI=1S/C24H23FN2O4/c1-14(2)31-12-11-27-21(15-7-9-16(25)10-8-15)20(23(29)24(27)30)22(28)18-13-26-19-6-4-3-5-17(18)19/h3-10,13-14,21,26,28H,11-12H2,1-2H3/b22-20-. The van der Waals surface area contributed by atoms with Crippen LogP contribution in [-0.2, 0) is 14.3 Å². The summed E-state index contributed by atoms with van der Waals surface area (Å²) in [4.78, 5) is 30.3. The first-order chi connectivity index (χ1) is 14.9. The molecule has 31 heavy (non-hydrogen) atoms. The zero-order valence-corrected chi connectivity index (χ0v) is 17.3. The molecule has 1 saturated heterocycles. The van der Waals surface area contributed by atoms with Crippen LogP contribution < -0.4 is 0 Å². The topological polar surface area (TPSA) is 82.6 Å². The number of hydrogen-bond donors (Lipinski definition) is 2. The molecule has 0 saturated carbocycles. The number of Topliss-reactive ketones (excluding diaryl/α,β-unsaturated/α-hetero) is 1. The second kappa shape index (κ2) is 8.35. The number of ketones is 1. The first-order valence-corrected chi connectivity index (χ1v) is 10.1. The van der Waals surface area contributed by atoms with E-state index in [-0.39, 0.29) is 30.6 Å². The third-order valence-electron chi connectivity index (χ3n) is 5.35. The van der Waals surface area contributed by atoms with Crippen molar-refractivity contribution in [3.63, 3.8) is 0 Å². The number of rotatable bonds is 6. The Morgan fingerprint density at radius 1 is 1.16 bits per heavy atom. The second-order valence-electron chi connectivity index (χ2n) is 7.71. The van der Waals surface area contributed by atoms with Crippen molar-refractivity contribution in [3.8, 4) is 0 Å². The molecule has 7 heteroatoms. The van der Waals surface area contributed by atoms with Crippen molar-refractivity contribution in [2.24, 2.45) is 0 Å². The molecule has 1 amide bonds. The number of aliphatic hydroxyl groups excluding tert-OH is 1. The Bertz CT molecular complexity index is 1160. The zero-order chi connectivity index (χ0) is 22.1. The highest BCUT2D eigenvalue weighted by Crippen LogP contribution is 2.40. The Morgan fingerprint density at radius 3 is 2.58 bits per heavy atom. The lowest BCUT2D eigenvalue weighted by molar-refractivity contribution is -0.140. The second-order valence-corrected chi connectivity index (χ2v) is 7.71. The fourth-order valence-corrected chi connectivity index (χ4v) is 3.90. The van der Waals surface area contributed by atoms with Crippen molar-refractivity contribution in [1.29, 1.82) is 0 Å². The first-order valence-electron chi connectivity index (χ1n) is 10.1. The SMILES string of the molecule is CC(C)OCCN1C(=O)C(=O)/C(=C(\O)c2c[nH]c3ccccc23)C1c1ccc(F)cc1. The van der Waals surface area contributed by atoms with Gasteiger partial charge in [-0.3, -0.25) is 9.59 Å². The van der Waals surface area contributed by atoms with Crippen LogP contribution in [-0.4, -0.2) is 45.9 Å². The number of hydrogen-bond acceptors (Lipinski definition) is 4. The van der Waals surface area contributed by atoms with Gasteiger partial charge in [0.1, 0.15) is 11.6 Å². The van der Waals surface area contributed by atoms with Crippen LogP contribution in [0.2, 0.25) is 0 Å². The normalized spacial score (nSPS) is 18.5. The minimum atomic E-state index is -0.843. The molecule has 1 aromatic heterocycles. The molecule has 2 heterocycles. The lowest BCUT2D eigenvalue weighted by Gasteiger charge is -2.25. The van der Waals surface area contributed by atoms with Gasteiger partial charge in [0.2, 0.25) is 0 Å². The Hall–Kier alpha value is -3.45. The Labute approximate surface area is 178 Å². The quantitative estimate of drug-likeness (QED) is 0.355. The van der Waals surface area contributed by atoms with Crippen molar-refractivity contribution < 1.29 is 23.8 Å². The Kier molecular flexibility index (Phi) is 5.61.